The standard InChI is InChI=1S/C28H32N3O4P/c1-5-34-36(33,35-6-2)23-16-17-25-24(18-23)26(28(32)30-25)27(21-10-8-7-9-11-21)29-22-14-12-20(13-15-22)19-31(3)4/h7-18,29H,5-6,19H2,1-4H3,(H,30,32). The predicted molar refractivity (Wildman–Crippen MR) is 146 cm³/mol. The summed E-state index contributed by atoms with van der Waals surface area (Å²) in [6.07, 6.45) is 0. The largest absolute Gasteiger partial charge is 0.361 e. The minimum atomic E-state index is -3.52. The Morgan fingerprint density at radius 1 is 0.944 bits per heavy atom. The van der Waals surface area contributed by atoms with Gasteiger partial charge in [-0.1, -0.05) is 42.5 Å². The Bertz CT molecular complexity index is 1290. The van der Waals surface area contributed by atoms with Gasteiger partial charge in [-0.05, 0) is 69.4 Å². The van der Waals surface area contributed by atoms with E-state index in [4.69, 9.17) is 9.05 Å². The number of anilines is 2. The van der Waals surface area contributed by atoms with Crippen molar-refractivity contribution in [2.75, 3.05) is 37.9 Å². The van der Waals surface area contributed by atoms with Crippen LogP contribution in [0.15, 0.2) is 72.8 Å². The van der Waals surface area contributed by atoms with Crippen molar-refractivity contribution in [3.63, 3.8) is 0 Å². The molecule has 0 unspecified atom stereocenters. The summed E-state index contributed by atoms with van der Waals surface area (Å²) in [4.78, 5) is 15.4. The fraction of sp³-hybridized carbons (Fsp3) is 0.250. The minimum Gasteiger partial charge on any atom is -0.354 e. The number of nitrogens with zero attached hydrogens (tertiary/aromatic N) is 1. The summed E-state index contributed by atoms with van der Waals surface area (Å²) >= 11 is 0. The van der Waals surface area contributed by atoms with Crippen LogP contribution in [0.25, 0.3) is 11.3 Å². The highest BCUT2D eigenvalue weighted by Crippen LogP contribution is 2.48. The number of benzene rings is 3. The van der Waals surface area contributed by atoms with Crippen molar-refractivity contribution in [1.29, 1.82) is 0 Å². The third kappa shape index (κ3) is 5.61. The second-order valence-electron chi connectivity index (χ2n) is 8.69. The lowest BCUT2D eigenvalue weighted by atomic mass is 10.00. The number of rotatable bonds is 10. The molecule has 0 atom stereocenters. The third-order valence-electron chi connectivity index (χ3n) is 5.70. The van der Waals surface area contributed by atoms with Gasteiger partial charge in [-0.15, -0.1) is 0 Å². The summed E-state index contributed by atoms with van der Waals surface area (Å²) in [5, 5.41) is 6.83. The van der Waals surface area contributed by atoms with E-state index >= 15 is 0 Å². The maximum atomic E-state index is 13.5. The molecule has 1 heterocycles. The van der Waals surface area contributed by atoms with Gasteiger partial charge in [0.25, 0.3) is 5.91 Å². The minimum absolute atomic E-state index is 0.236. The molecule has 1 amide bonds. The van der Waals surface area contributed by atoms with Crippen LogP contribution in [-0.4, -0.2) is 38.1 Å². The Morgan fingerprint density at radius 3 is 2.22 bits per heavy atom. The van der Waals surface area contributed by atoms with E-state index in [1.54, 1.807) is 32.0 Å². The molecule has 1 aliphatic heterocycles. The summed E-state index contributed by atoms with van der Waals surface area (Å²) in [6.45, 7) is 4.88. The first-order valence-electron chi connectivity index (χ1n) is 12.0. The number of carbonyl (C=O) groups is 1. The van der Waals surface area contributed by atoms with E-state index in [9.17, 15) is 9.36 Å². The number of nitrogens with one attached hydrogen (secondary N) is 2. The molecule has 188 valence electrons. The fourth-order valence-electron chi connectivity index (χ4n) is 4.19. The highest BCUT2D eigenvalue weighted by molar-refractivity contribution is 7.62. The quantitative estimate of drug-likeness (QED) is 0.277. The number of hydrogen-bond donors (Lipinski definition) is 2. The molecule has 2 N–H and O–H groups in total. The SMILES string of the molecule is CCOP(=O)(OCC)c1ccc2c(c1)C(=C(Nc1ccc(CN(C)C)cc1)c1ccccc1)C(=O)N2. The van der Waals surface area contributed by atoms with Gasteiger partial charge >= 0.3 is 7.60 Å². The van der Waals surface area contributed by atoms with Crippen LogP contribution in [0.3, 0.4) is 0 Å². The Balaban J connectivity index is 1.83. The van der Waals surface area contributed by atoms with Crippen molar-refractivity contribution in [2.45, 2.75) is 20.4 Å². The lowest BCUT2D eigenvalue weighted by molar-refractivity contribution is -0.110. The molecule has 0 fully saturated rings. The van der Waals surface area contributed by atoms with Gasteiger partial charge in [-0.25, -0.2) is 0 Å². The average Bonchev–Trinajstić information content (AvgIpc) is 3.19. The molecule has 0 aromatic heterocycles. The first-order chi connectivity index (χ1) is 17.3. The van der Waals surface area contributed by atoms with E-state index in [0.29, 0.717) is 27.8 Å². The Labute approximate surface area is 212 Å². The lowest BCUT2D eigenvalue weighted by Crippen LogP contribution is -2.12. The zero-order chi connectivity index (χ0) is 25.7. The highest BCUT2D eigenvalue weighted by atomic mass is 31.2. The van der Waals surface area contributed by atoms with Crippen molar-refractivity contribution in [3.05, 3.63) is 89.5 Å². The van der Waals surface area contributed by atoms with E-state index in [1.165, 1.54) is 5.56 Å². The van der Waals surface area contributed by atoms with Gasteiger partial charge in [-0.3, -0.25) is 9.36 Å². The second kappa shape index (κ2) is 11.2. The molecule has 0 saturated heterocycles. The Morgan fingerprint density at radius 2 is 1.61 bits per heavy atom. The molecule has 0 bridgehead atoms. The van der Waals surface area contributed by atoms with E-state index in [2.05, 4.69) is 27.7 Å². The molecule has 0 spiro atoms. The van der Waals surface area contributed by atoms with Crippen LogP contribution < -0.4 is 15.9 Å². The topological polar surface area (TPSA) is 79.9 Å². The van der Waals surface area contributed by atoms with Gasteiger partial charge in [0.1, 0.15) is 0 Å². The zero-order valence-corrected chi connectivity index (χ0v) is 22.0. The van der Waals surface area contributed by atoms with Crippen molar-refractivity contribution in [3.8, 4) is 0 Å². The van der Waals surface area contributed by atoms with E-state index < -0.39 is 7.60 Å². The molecule has 36 heavy (non-hydrogen) atoms. The maximum Gasteiger partial charge on any atom is 0.361 e. The van der Waals surface area contributed by atoms with Crippen LogP contribution in [0.4, 0.5) is 11.4 Å². The maximum absolute atomic E-state index is 13.5. The normalized spacial score (nSPS) is 14.5. The summed E-state index contributed by atoms with van der Waals surface area (Å²) in [7, 11) is 0.542. The average molecular weight is 506 g/mol. The molecule has 3 aromatic rings. The third-order valence-corrected chi connectivity index (χ3v) is 7.80. The molecular formula is C28H32N3O4P. The van der Waals surface area contributed by atoms with Gasteiger partial charge in [-0.2, -0.15) is 0 Å². The first kappa shape index (κ1) is 25.9. The number of hydrogen-bond acceptors (Lipinski definition) is 6. The summed E-state index contributed by atoms with van der Waals surface area (Å²) in [5.41, 5.74) is 5.33. The molecular weight excluding hydrogens is 473 g/mol. The number of carbonyl (C=O) groups excluding carboxylic acids is 1. The summed E-state index contributed by atoms with van der Waals surface area (Å²) in [6, 6.07) is 23.0. The lowest BCUT2D eigenvalue weighted by Gasteiger charge is -2.18. The summed E-state index contributed by atoms with van der Waals surface area (Å²) < 4.78 is 24.6. The first-order valence-corrected chi connectivity index (χ1v) is 13.5. The van der Waals surface area contributed by atoms with Crippen LogP contribution in [0.2, 0.25) is 0 Å². The van der Waals surface area contributed by atoms with Crippen LogP contribution in [0, 0.1) is 0 Å². The highest BCUT2D eigenvalue weighted by Gasteiger charge is 2.33. The zero-order valence-electron chi connectivity index (χ0n) is 21.1. The van der Waals surface area contributed by atoms with Gasteiger partial charge in [0.2, 0.25) is 0 Å². The predicted octanol–water partition coefficient (Wildman–Crippen LogP) is 5.57. The molecule has 7 nitrogen and oxygen atoms in total. The van der Waals surface area contributed by atoms with E-state index in [1.807, 2.05) is 56.6 Å². The van der Waals surface area contributed by atoms with Gasteiger partial charge < -0.3 is 24.6 Å². The number of amides is 1. The number of fused-ring (bicyclic) bond motifs is 1. The Kier molecular flexibility index (Phi) is 8.07. The fourth-order valence-corrected chi connectivity index (χ4v) is 5.78. The van der Waals surface area contributed by atoms with Crippen LogP contribution in [0.1, 0.15) is 30.5 Å². The van der Waals surface area contributed by atoms with Crippen LogP contribution in [0.5, 0.6) is 0 Å². The molecule has 4 rings (SSSR count). The van der Waals surface area contributed by atoms with E-state index in [-0.39, 0.29) is 19.1 Å². The molecule has 3 aromatic carbocycles. The monoisotopic (exact) mass is 505 g/mol. The molecule has 8 heteroatoms. The summed E-state index contributed by atoms with van der Waals surface area (Å²) in [5.74, 6) is -0.236. The Hall–Kier alpha value is -3.22. The second-order valence-corrected chi connectivity index (χ2v) is 10.7. The van der Waals surface area contributed by atoms with Crippen molar-refractivity contribution >= 4 is 41.5 Å². The van der Waals surface area contributed by atoms with Crippen molar-refractivity contribution in [1.82, 2.24) is 4.90 Å². The molecule has 0 aliphatic carbocycles. The van der Waals surface area contributed by atoms with Gasteiger partial charge in [0.05, 0.1) is 29.8 Å². The van der Waals surface area contributed by atoms with E-state index in [0.717, 1.165) is 17.8 Å². The molecule has 1 aliphatic rings. The molecule has 0 radical (unpaired) electrons. The van der Waals surface area contributed by atoms with Crippen LogP contribution >= 0.6 is 7.60 Å². The van der Waals surface area contributed by atoms with Crippen molar-refractivity contribution < 1.29 is 18.4 Å². The van der Waals surface area contributed by atoms with Crippen LogP contribution in [-0.2, 0) is 25.0 Å². The molecule has 0 saturated carbocycles. The smallest absolute Gasteiger partial charge is 0.354 e. The van der Waals surface area contributed by atoms with Gasteiger partial charge in [0, 0.05) is 23.5 Å². The van der Waals surface area contributed by atoms with Crippen molar-refractivity contribution in [2.24, 2.45) is 0 Å². The van der Waals surface area contributed by atoms with Gasteiger partial charge in [0.15, 0.2) is 0 Å².